The maximum absolute atomic E-state index is 5.97. The first-order chi connectivity index (χ1) is 14.8. The summed E-state index contributed by atoms with van der Waals surface area (Å²) in [6.45, 7) is 2.06. The Hall–Kier alpha value is -2.69. The molecule has 1 aliphatic carbocycles. The number of rotatable bonds is 9. The highest BCUT2D eigenvalue weighted by molar-refractivity contribution is 14.0. The van der Waals surface area contributed by atoms with Gasteiger partial charge in [-0.3, -0.25) is 9.98 Å². The number of hydrogen-bond donors (Lipinski definition) is 2. The normalized spacial score (nSPS) is 13.4. The molecule has 1 aromatic carbocycles. The lowest BCUT2D eigenvalue weighted by molar-refractivity contribution is 0.296. The van der Waals surface area contributed by atoms with Crippen molar-refractivity contribution in [1.82, 2.24) is 25.8 Å². The molecule has 0 unspecified atom stereocenters. The van der Waals surface area contributed by atoms with Crippen molar-refractivity contribution in [3.05, 3.63) is 60.0 Å². The number of aromatic nitrogens is 3. The van der Waals surface area contributed by atoms with E-state index in [0.29, 0.717) is 42.9 Å². The third kappa shape index (κ3) is 6.91. The summed E-state index contributed by atoms with van der Waals surface area (Å²) in [7, 11) is 1.75. The van der Waals surface area contributed by atoms with Gasteiger partial charge < -0.3 is 19.9 Å². The number of nitrogens with one attached hydrogen (secondary N) is 2. The third-order valence-corrected chi connectivity index (χ3v) is 4.81. The fourth-order valence-corrected chi connectivity index (χ4v) is 2.92. The predicted octanol–water partition coefficient (Wildman–Crippen LogP) is 3.45. The van der Waals surface area contributed by atoms with Gasteiger partial charge in [0.1, 0.15) is 11.4 Å². The topological polar surface area (TPSA) is 97.5 Å². The van der Waals surface area contributed by atoms with Crippen LogP contribution in [0.5, 0.6) is 5.75 Å². The molecule has 0 spiro atoms. The van der Waals surface area contributed by atoms with E-state index in [1.165, 1.54) is 12.8 Å². The number of para-hydroxylation sites is 1. The number of nitrogens with zero attached hydrogens (tertiary/aromatic N) is 4. The molecule has 0 radical (unpaired) electrons. The van der Waals surface area contributed by atoms with Crippen LogP contribution in [-0.2, 0) is 13.0 Å². The van der Waals surface area contributed by atoms with E-state index in [1.807, 2.05) is 36.4 Å². The zero-order valence-electron chi connectivity index (χ0n) is 17.5. The maximum Gasteiger partial charge on any atom is 0.276 e. The van der Waals surface area contributed by atoms with E-state index in [2.05, 4.69) is 36.8 Å². The Kier molecular flexibility index (Phi) is 8.63. The zero-order chi connectivity index (χ0) is 20.6. The molecule has 2 heterocycles. The summed E-state index contributed by atoms with van der Waals surface area (Å²) in [6.07, 6.45) is 4.87. The van der Waals surface area contributed by atoms with Crippen molar-refractivity contribution in [3.8, 4) is 17.3 Å². The first kappa shape index (κ1) is 23.0. The minimum Gasteiger partial charge on any atom is -0.493 e. The maximum atomic E-state index is 5.97. The zero-order valence-corrected chi connectivity index (χ0v) is 19.8. The summed E-state index contributed by atoms with van der Waals surface area (Å²) in [5, 5.41) is 10.6. The molecule has 164 valence electrons. The molecule has 3 aromatic rings. The second-order valence-corrected chi connectivity index (χ2v) is 7.20. The lowest BCUT2D eigenvalue weighted by Crippen LogP contribution is -2.38. The molecule has 2 N–H and O–H groups in total. The van der Waals surface area contributed by atoms with Gasteiger partial charge in [-0.2, -0.15) is 4.98 Å². The lowest BCUT2D eigenvalue weighted by Gasteiger charge is -2.14. The molecule has 8 nitrogen and oxygen atoms in total. The molecule has 0 amide bonds. The van der Waals surface area contributed by atoms with Gasteiger partial charge in [-0.1, -0.05) is 29.4 Å². The molecular weight excluding hydrogens is 507 g/mol. The Labute approximate surface area is 198 Å². The Balaban J connectivity index is 0.00000272. The van der Waals surface area contributed by atoms with Gasteiger partial charge in [-0.05, 0) is 37.0 Å². The minimum absolute atomic E-state index is 0. The van der Waals surface area contributed by atoms with Crippen molar-refractivity contribution in [2.45, 2.75) is 25.8 Å². The third-order valence-electron chi connectivity index (χ3n) is 4.81. The van der Waals surface area contributed by atoms with Crippen LogP contribution in [0.15, 0.2) is 58.2 Å². The molecular formula is C22H27IN6O2. The number of hydrogen-bond acceptors (Lipinski definition) is 6. The van der Waals surface area contributed by atoms with Gasteiger partial charge in [0.25, 0.3) is 5.89 Å². The number of aliphatic imine (C=N–C) groups is 1. The van der Waals surface area contributed by atoms with Gasteiger partial charge >= 0.3 is 0 Å². The second-order valence-electron chi connectivity index (χ2n) is 7.20. The summed E-state index contributed by atoms with van der Waals surface area (Å²) in [6, 6.07) is 13.7. The highest BCUT2D eigenvalue weighted by Crippen LogP contribution is 2.30. The van der Waals surface area contributed by atoms with Crippen LogP contribution in [0.1, 0.15) is 24.2 Å². The number of ether oxygens (including phenoxy) is 1. The summed E-state index contributed by atoms with van der Waals surface area (Å²) >= 11 is 0. The van der Waals surface area contributed by atoms with Crippen LogP contribution in [0.4, 0.5) is 0 Å². The van der Waals surface area contributed by atoms with Crippen molar-refractivity contribution in [1.29, 1.82) is 0 Å². The Morgan fingerprint density at radius 3 is 2.77 bits per heavy atom. The summed E-state index contributed by atoms with van der Waals surface area (Å²) in [5.41, 5.74) is 1.78. The van der Waals surface area contributed by atoms with Gasteiger partial charge in [0, 0.05) is 38.3 Å². The molecule has 0 atom stereocenters. The molecule has 9 heteroatoms. The van der Waals surface area contributed by atoms with E-state index in [0.717, 1.165) is 23.8 Å². The largest absolute Gasteiger partial charge is 0.493 e. The fourth-order valence-electron chi connectivity index (χ4n) is 2.92. The quantitative estimate of drug-likeness (QED) is 0.247. The van der Waals surface area contributed by atoms with Crippen molar-refractivity contribution >= 4 is 29.9 Å². The van der Waals surface area contributed by atoms with Crippen molar-refractivity contribution in [2.75, 3.05) is 20.2 Å². The van der Waals surface area contributed by atoms with E-state index in [-0.39, 0.29) is 24.0 Å². The fraction of sp³-hybridized carbons (Fsp3) is 0.364. The van der Waals surface area contributed by atoms with Crippen molar-refractivity contribution in [3.63, 3.8) is 0 Å². The van der Waals surface area contributed by atoms with E-state index < -0.39 is 0 Å². The molecule has 0 aliphatic heterocycles. The van der Waals surface area contributed by atoms with Gasteiger partial charge in [0.05, 0.1) is 6.61 Å². The average Bonchev–Trinajstić information content (AvgIpc) is 3.51. The number of benzene rings is 1. The van der Waals surface area contributed by atoms with E-state index >= 15 is 0 Å². The molecule has 0 saturated heterocycles. The molecule has 4 rings (SSSR count). The van der Waals surface area contributed by atoms with E-state index in [9.17, 15) is 0 Å². The summed E-state index contributed by atoms with van der Waals surface area (Å²) in [4.78, 5) is 12.9. The van der Waals surface area contributed by atoms with E-state index in [4.69, 9.17) is 9.26 Å². The van der Waals surface area contributed by atoms with Crippen LogP contribution in [0.2, 0.25) is 0 Å². The smallest absolute Gasteiger partial charge is 0.276 e. The molecule has 1 saturated carbocycles. The number of guanidine groups is 1. The molecule has 1 fully saturated rings. The first-order valence-electron chi connectivity index (χ1n) is 10.2. The minimum atomic E-state index is 0. The Bertz CT molecular complexity index is 975. The lowest BCUT2D eigenvalue weighted by atomic mass is 10.2. The Morgan fingerprint density at radius 2 is 2.00 bits per heavy atom. The van der Waals surface area contributed by atoms with Crippen LogP contribution < -0.4 is 15.4 Å². The number of halogens is 1. The van der Waals surface area contributed by atoms with Gasteiger partial charge in [-0.25, -0.2) is 0 Å². The van der Waals surface area contributed by atoms with Crippen LogP contribution in [0, 0.1) is 5.92 Å². The predicted molar refractivity (Wildman–Crippen MR) is 130 cm³/mol. The highest BCUT2D eigenvalue weighted by Gasteiger charge is 2.22. The molecule has 0 bridgehead atoms. The van der Waals surface area contributed by atoms with Gasteiger partial charge in [-0.15, -0.1) is 24.0 Å². The van der Waals surface area contributed by atoms with Crippen LogP contribution in [0.3, 0.4) is 0 Å². The molecule has 1 aliphatic rings. The molecule has 31 heavy (non-hydrogen) atoms. The van der Waals surface area contributed by atoms with Crippen LogP contribution >= 0.6 is 24.0 Å². The monoisotopic (exact) mass is 534 g/mol. The Morgan fingerprint density at radius 1 is 1.16 bits per heavy atom. The van der Waals surface area contributed by atoms with Crippen LogP contribution in [0.25, 0.3) is 11.6 Å². The first-order valence-corrected chi connectivity index (χ1v) is 10.2. The van der Waals surface area contributed by atoms with Gasteiger partial charge in [0.15, 0.2) is 11.8 Å². The average molecular weight is 534 g/mol. The second kappa shape index (κ2) is 11.6. The van der Waals surface area contributed by atoms with Gasteiger partial charge in [0.2, 0.25) is 0 Å². The van der Waals surface area contributed by atoms with Crippen LogP contribution in [-0.4, -0.2) is 41.3 Å². The molecule has 2 aromatic heterocycles. The van der Waals surface area contributed by atoms with Crippen molar-refractivity contribution in [2.24, 2.45) is 10.9 Å². The summed E-state index contributed by atoms with van der Waals surface area (Å²) in [5.74, 6) is 3.42. The standard InChI is InChI=1S/C22H26N6O2.HI/c1-23-22(26-14-17-6-2-3-8-19(17)29-15-16-9-10-16)25-13-11-20-27-21(30-28-20)18-7-4-5-12-24-18;/h2-8,12,16H,9-11,13-15H2,1H3,(H2,23,25,26);1H. The van der Waals surface area contributed by atoms with E-state index in [1.54, 1.807) is 13.2 Å². The highest BCUT2D eigenvalue weighted by atomic mass is 127. The number of pyridine rings is 1. The SMILES string of the molecule is CN=C(NCCc1noc(-c2ccccn2)n1)NCc1ccccc1OCC1CC1.I. The van der Waals surface area contributed by atoms with Crippen molar-refractivity contribution < 1.29 is 9.26 Å². The summed E-state index contributed by atoms with van der Waals surface area (Å²) < 4.78 is 11.3.